The van der Waals surface area contributed by atoms with Crippen LogP contribution in [-0.4, -0.2) is 11.7 Å². The molecule has 0 aliphatic heterocycles. The van der Waals surface area contributed by atoms with Gasteiger partial charge in [-0.05, 0) is 43.0 Å². The van der Waals surface area contributed by atoms with E-state index in [0.29, 0.717) is 6.54 Å². The fraction of sp³-hybridized carbons (Fsp3) is 0.375. The molecule has 1 aromatic carbocycles. The minimum absolute atomic E-state index is 0.312. The standard InChI is InChI=1S/C16H19NOS/c1-11-6-7-14(19-11)15(18)16(10-17)9-8-12-4-2-3-5-13(12)16/h2-7,15,18H,8-10,17H2,1H3. The van der Waals surface area contributed by atoms with Crippen molar-refractivity contribution in [2.45, 2.75) is 31.3 Å². The maximum Gasteiger partial charge on any atom is 0.0990 e. The van der Waals surface area contributed by atoms with Crippen LogP contribution in [0, 0.1) is 6.92 Å². The van der Waals surface area contributed by atoms with Crippen LogP contribution in [0.3, 0.4) is 0 Å². The molecule has 0 spiro atoms. The first-order valence-electron chi connectivity index (χ1n) is 6.70. The summed E-state index contributed by atoms with van der Waals surface area (Å²) in [6.45, 7) is 2.56. The Morgan fingerprint density at radius 1 is 1.32 bits per heavy atom. The maximum absolute atomic E-state index is 10.9. The normalized spacial score (nSPS) is 23.3. The van der Waals surface area contributed by atoms with Crippen LogP contribution < -0.4 is 5.73 Å². The zero-order chi connectivity index (χ0) is 13.5. The minimum atomic E-state index is -0.500. The number of aliphatic hydroxyl groups excluding tert-OH is 1. The second kappa shape index (κ2) is 4.75. The predicted molar refractivity (Wildman–Crippen MR) is 79.5 cm³/mol. The van der Waals surface area contributed by atoms with Crippen molar-refractivity contribution in [2.75, 3.05) is 6.54 Å². The largest absolute Gasteiger partial charge is 0.387 e. The molecule has 2 aromatic rings. The average molecular weight is 273 g/mol. The van der Waals surface area contributed by atoms with Gasteiger partial charge in [0.05, 0.1) is 6.10 Å². The summed E-state index contributed by atoms with van der Waals surface area (Å²) in [7, 11) is 0. The van der Waals surface area contributed by atoms with Crippen LogP contribution in [0.25, 0.3) is 0 Å². The number of benzene rings is 1. The highest BCUT2D eigenvalue weighted by Gasteiger charge is 2.44. The zero-order valence-electron chi connectivity index (χ0n) is 11.1. The van der Waals surface area contributed by atoms with Gasteiger partial charge in [0.15, 0.2) is 0 Å². The molecule has 2 nitrogen and oxygen atoms in total. The number of hydrogen-bond donors (Lipinski definition) is 2. The van der Waals surface area contributed by atoms with E-state index in [1.165, 1.54) is 16.0 Å². The highest BCUT2D eigenvalue weighted by atomic mass is 32.1. The lowest BCUT2D eigenvalue weighted by Crippen LogP contribution is -2.38. The molecule has 2 atom stereocenters. The van der Waals surface area contributed by atoms with Crippen molar-refractivity contribution in [2.24, 2.45) is 5.73 Å². The molecule has 3 N–H and O–H groups in total. The van der Waals surface area contributed by atoms with E-state index in [0.717, 1.165) is 17.7 Å². The van der Waals surface area contributed by atoms with E-state index >= 15 is 0 Å². The molecule has 0 saturated carbocycles. The summed E-state index contributed by atoms with van der Waals surface area (Å²) in [5.41, 5.74) is 8.33. The summed E-state index contributed by atoms with van der Waals surface area (Å²) in [5, 5.41) is 10.9. The maximum atomic E-state index is 10.9. The Labute approximate surface area is 117 Å². The Balaban J connectivity index is 2.06. The van der Waals surface area contributed by atoms with Gasteiger partial charge in [-0.2, -0.15) is 0 Å². The molecule has 0 radical (unpaired) electrons. The monoisotopic (exact) mass is 273 g/mol. The van der Waals surface area contributed by atoms with Crippen molar-refractivity contribution in [3.63, 3.8) is 0 Å². The van der Waals surface area contributed by atoms with Crippen LogP contribution in [0.4, 0.5) is 0 Å². The third-order valence-electron chi connectivity index (χ3n) is 4.31. The molecule has 1 aliphatic carbocycles. The number of aliphatic hydroxyl groups is 1. The molecular weight excluding hydrogens is 254 g/mol. The number of fused-ring (bicyclic) bond motifs is 1. The van der Waals surface area contributed by atoms with Gasteiger partial charge in [-0.1, -0.05) is 24.3 Å². The third-order valence-corrected chi connectivity index (χ3v) is 5.37. The van der Waals surface area contributed by atoms with Gasteiger partial charge < -0.3 is 10.8 Å². The van der Waals surface area contributed by atoms with E-state index in [1.54, 1.807) is 11.3 Å². The summed E-state index contributed by atoms with van der Waals surface area (Å²) in [6.07, 6.45) is 1.44. The lowest BCUT2D eigenvalue weighted by Gasteiger charge is -2.33. The van der Waals surface area contributed by atoms with Crippen molar-refractivity contribution in [3.05, 3.63) is 57.3 Å². The van der Waals surface area contributed by atoms with Gasteiger partial charge in [0.25, 0.3) is 0 Å². The van der Waals surface area contributed by atoms with Crippen molar-refractivity contribution in [1.82, 2.24) is 0 Å². The highest BCUT2D eigenvalue weighted by molar-refractivity contribution is 7.12. The fourth-order valence-corrected chi connectivity index (χ4v) is 4.18. The molecular formula is C16H19NOS. The molecule has 0 amide bonds. The molecule has 100 valence electrons. The fourth-order valence-electron chi connectivity index (χ4n) is 3.20. The molecule has 2 unspecified atom stereocenters. The summed E-state index contributed by atoms with van der Waals surface area (Å²) < 4.78 is 0. The van der Waals surface area contributed by atoms with Crippen molar-refractivity contribution in [1.29, 1.82) is 0 Å². The Kier molecular flexibility index (Phi) is 3.21. The summed E-state index contributed by atoms with van der Waals surface area (Å²) in [6, 6.07) is 12.5. The van der Waals surface area contributed by atoms with E-state index in [2.05, 4.69) is 31.2 Å². The number of hydrogen-bond acceptors (Lipinski definition) is 3. The predicted octanol–water partition coefficient (Wildman–Crippen LogP) is 2.93. The van der Waals surface area contributed by atoms with Crippen LogP contribution in [0.15, 0.2) is 36.4 Å². The molecule has 0 fully saturated rings. The summed E-state index contributed by atoms with van der Waals surface area (Å²) in [4.78, 5) is 2.26. The van der Waals surface area contributed by atoms with Gasteiger partial charge in [0.1, 0.15) is 0 Å². The first-order valence-corrected chi connectivity index (χ1v) is 7.52. The van der Waals surface area contributed by atoms with Gasteiger partial charge in [0, 0.05) is 21.7 Å². The number of aryl methyl sites for hydroxylation is 2. The molecule has 19 heavy (non-hydrogen) atoms. The smallest absolute Gasteiger partial charge is 0.0990 e. The molecule has 1 aliphatic rings. The lowest BCUT2D eigenvalue weighted by atomic mass is 9.76. The van der Waals surface area contributed by atoms with Crippen LogP contribution in [0.1, 0.15) is 33.4 Å². The molecule has 1 aromatic heterocycles. The van der Waals surface area contributed by atoms with E-state index < -0.39 is 6.10 Å². The number of rotatable bonds is 3. The lowest BCUT2D eigenvalue weighted by molar-refractivity contribution is 0.0873. The van der Waals surface area contributed by atoms with Crippen molar-refractivity contribution < 1.29 is 5.11 Å². The van der Waals surface area contributed by atoms with Crippen LogP contribution in [0.5, 0.6) is 0 Å². The van der Waals surface area contributed by atoms with Gasteiger partial charge in [-0.25, -0.2) is 0 Å². The SMILES string of the molecule is Cc1ccc(C(O)C2(CN)CCc3ccccc32)s1. The Morgan fingerprint density at radius 2 is 2.11 bits per heavy atom. The molecule has 3 rings (SSSR count). The second-order valence-electron chi connectivity index (χ2n) is 5.37. The molecule has 1 heterocycles. The molecule has 0 bridgehead atoms. The summed E-state index contributed by atoms with van der Waals surface area (Å²) >= 11 is 1.67. The van der Waals surface area contributed by atoms with Crippen LogP contribution in [-0.2, 0) is 11.8 Å². The molecule has 0 saturated heterocycles. The average Bonchev–Trinajstić information content (AvgIpc) is 3.02. The van der Waals surface area contributed by atoms with Crippen molar-refractivity contribution in [3.8, 4) is 0 Å². The minimum Gasteiger partial charge on any atom is -0.387 e. The topological polar surface area (TPSA) is 46.2 Å². The Morgan fingerprint density at radius 3 is 2.79 bits per heavy atom. The Bertz CT molecular complexity index is 592. The second-order valence-corrected chi connectivity index (χ2v) is 6.69. The van der Waals surface area contributed by atoms with Gasteiger partial charge in [-0.15, -0.1) is 11.3 Å². The highest BCUT2D eigenvalue weighted by Crippen LogP contribution is 2.47. The van der Waals surface area contributed by atoms with E-state index in [-0.39, 0.29) is 5.41 Å². The van der Waals surface area contributed by atoms with Crippen LogP contribution in [0.2, 0.25) is 0 Å². The van der Waals surface area contributed by atoms with E-state index in [1.807, 2.05) is 12.1 Å². The van der Waals surface area contributed by atoms with E-state index in [4.69, 9.17) is 5.73 Å². The third kappa shape index (κ3) is 1.93. The van der Waals surface area contributed by atoms with Crippen molar-refractivity contribution >= 4 is 11.3 Å². The van der Waals surface area contributed by atoms with Gasteiger partial charge in [-0.3, -0.25) is 0 Å². The molecule has 3 heteroatoms. The van der Waals surface area contributed by atoms with E-state index in [9.17, 15) is 5.11 Å². The first kappa shape index (κ1) is 12.9. The first-order chi connectivity index (χ1) is 9.17. The van der Waals surface area contributed by atoms with Gasteiger partial charge in [0.2, 0.25) is 0 Å². The summed E-state index contributed by atoms with van der Waals surface area (Å²) in [5.74, 6) is 0. The number of nitrogens with two attached hydrogens (primary N) is 1. The Hall–Kier alpha value is -1.16. The van der Waals surface area contributed by atoms with Gasteiger partial charge >= 0.3 is 0 Å². The van der Waals surface area contributed by atoms with Crippen LogP contribution >= 0.6 is 11.3 Å². The quantitative estimate of drug-likeness (QED) is 0.903. The zero-order valence-corrected chi connectivity index (χ0v) is 11.9. The number of thiophene rings is 1.